The highest BCUT2D eigenvalue weighted by atomic mass is 16.5. The Labute approximate surface area is 81.4 Å². The van der Waals surface area contributed by atoms with E-state index in [2.05, 4.69) is 24.1 Å². The summed E-state index contributed by atoms with van der Waals surface area (Å²) in [6.45, 7) is 8.76. The Kier molecular flexibility index (Phi) is 4.70. The molecule has 1 unspecified atom stereocenters. The van der Waals surface area contributed by atoms with Gasteiger partial charge in [-0.1, -0.05) is 13.8 Å². The highest BCUT2D eigenvalue weighted by Crippen LogP contribution is 2.12. The quantitative estimate of drug-likeness (QED) is 0.661. The molecule has 1 saturated heterocycles. The number of hydrogen-bond donors (Lipinski definition) is 1. The summed E-state index contributed by atoms with van der Waals surface area (Å²) in [5, 5.41) is 3.31. The lowest BCUT2D eigenvalue weighted by atomic mass is 10.1. The third kappa shape index (κ3) is 2.66. The molecule has 0 aliphatic carbocycles. The molecule has 1 atom stereocenters. The second kappa shape index (κ2) is 5.58. The standard InChI is InChI=1S/C10H22N2O/c1-4-9(8-13-3)12(5-2)10-6-11-7-10/h9-11H,4-8H2,1-3H3. The topological polar surface area (TPSA) is 24.5 Å². The molecule has 0 aromatic carbocycles. The molecule has 0 aromatic heterocycles. The van der Waals surface area contributed by atoms with Crippen LogP contribution < -0.4 is 5.32 Å². The third-order valence-electron chi connectivity index (χ3n) is 2.89. The van der Waals surface area contributed by atoms with Crippen LogP contribution in [0.1, 0.15) is 20.3 Å². The van der Waals surface area contributed by atoms with E-state index in [-0.39, 0.29) is 0 Å². The summed E-state index contributed by atoms with van der Waals surface area (Å²) in [4.78, 5) is 2.56. The van der Waals surface area contributed by atoms with Gasteiger partial charge in [0.15, 0.2) is 0 Å². The van der Waals surface area contributed by atoms with Crippen molar-refractivity contribution in [2.24, 2.45) is 0 Å². The van der Waals surface area contributed by atoms with Crippen molar-refractivity contribution in [2.45, 2.75) is 32.4 Å². The van der Waals surface area contributed by atoms with Crippen LogP contribution in [0.3, 0.4) is 0 Å². The van der Waals surface area contributed by atoms with Crippen molar-refractivity contribution in [3.8, 4) is 0 Å². The van der Waals surface area contributed by atoms with Crippen LogP contribution in [0.4, 0.5) is 0 Å². The monoisotopic (exact) mass is 186 g/mol. The van der Waals surface area contributed by atoms with Crippen molar-refractivity contribution < 1.29 is 4.74 Å². The number of nitrogens with zero attached hydrogens (tertiary/aromatic N) is 1. The zero-order chi connectivity index (χ0) is 9.68. The minimum Gasteiger partial charge on any atom is -0.383 e. The molecule has 1 N–H and O–H groups in total. The first-order valence-corrected chi connectivity index (χ1v) is 5.28. The Balaban J connectivity index is 2.40. The zero-order valence-electron chi connectivity index (χ0n) is 9.05. The average molecular weight is 186 g/mol. The maximum atomic E-state index is 5.23. The smallest absolute Gasteiger partial charge is 0.0618 e. The summed E-state index contributed by atoms with van der Waals surface area (Å²) in [6, 6.07) is 1.34. The van der Waals surface area contributed by atoms with Gasteiger partial charge in [-0.15, -0.1) is 0 Å². The van der Waals surface area contributed by atoms with E-state index in [1.807, 2.05) is 0 Å². The SMILES string of the molecule is CCC(COC)N(CC)C1CNC1. The number of rotatable bonds is 6. The summed E-state index contributed by atoms with van der Waals surface area (Å²) in [5.41, 5.74) is 0. The van der Waals surface area contributed by atoms with E-state index >= 15 is 0 Å². The van der Waals surface area contributed by atoms with Crippen molar-refractivity contribution in [2.75, 3.05) is 33.4 Å². The van der Waals surface area contributed by atoms with Crippen LogP contribution in [-0.4, -0.2) is 50.3 Å². The van der Waals surface area contributed by atoms with Gasteiger partial charge in [0.2, 0.25) is 0 Å². The first kappa shape index (κ1) is 11.0. The molecule has 3 nitrogen and oxygen atoms in total. The van der Waals surface area contributed by atoms with Crippen molar-refractivity contribution >= 4 is 0 Å². The van der Waals surface area contributed by atoms with Gasteiger partial charge in [-0.3, -0.25) is 4.90 Å². The molecule has 3 heteroatoms. The van der Waals surface area contributed by atoms with Gasteiger partial charge in [-0.2, -0.15) is 0 Å². The van der Waals surface area contributed by atoms with Crippen LogP contribution in [0, 0.1) is 0 Å². The molecule has 0 aromatic rings. The minimum absolute atomic E-state index is 0.599. The highest BCUT2D eigenvalue weighted by Gasteiger charge is 2.27. The average Bonchev–Trinajstić information content (AvgIpc) is 2.07. The van der Waals surface area contributed by atoms with E-state index in [0.717, 1.165) is 32.3 Å². The van der Waals surface area contributed by atoms with E-state index in [0.29, 0.717) is 6.04 Å². The molecule has 0 radical (unpaired) electrons. The van der Waals surface area contributed by atoms with E-state index in [4.69, 9.17) is 4.74 Å². The van der Waals surface area contributed by atoms with E-state index in [1.165, 1.54) is 6.42 Å². The van der Waals surface area contributed by atoms with E-state index in [9.17, 15) is 0 Å². The normalized spacial score (nSPS) is 20.3. The predicted octanol–water partition coefficient (Wildman–Crippen LogP) is 0.705. The molecular formula is C10H22N2O. The Morgan fingerprint density at radius 1 is 1.46 bits per heavy atom. The number of likely N-dealkylation sites (N-methyl/N-ethyl adjacent to an activating group) is 1. The van der Waals surface area contributed by atoms with Gasteiger partial charge >= 0.3 is 0 Å². The summed E-state index contributed by atoms with van der Waals surface area (Å²) in [6.07, 6.45) is 1.18. The molecule has 1 fully saturated rings. The predicted molar refractivity (Wildman–Crippen MR) is 55.0 cm³/mol. The van der Waals surface area contributed by atoms with Crippen LogP contribution in [0.5, 0.6) is 0 Å². The molecule has 0 bridgehead atoms. The van der Waals surface area contributed by atoms with Crippen molar-refractivity contribution in [1.82, 2.24) is 10.2 Å². The number of hydrogen-bond acceptors (Lipinski definition) is 3. The summed E-state index contributed by atoms with van der Waals surface area (Å²) in [5.74, 6) is 0. The van der Waals surface area contributed by atoms with Gasteiger partial charge in [-0.05, 0) is 13.0 Å². The van der Waals surface area contributed by atoms with Gasteiger partial charge in [0, 0.05) is 32.3 Å². The second-order valence-electron chi connectivity index (χ2n) is 3.66. The molecule has 1 heterocycles. The minimum atomic E-state index is 0.599. The Bertz CT molecular complexity index is 137. The highest BCUT2D eigenvalue weighted by molar-refractivity contribution is 4.87. The molecule has 0 spiro atoms. The fourth-order valence-electron chi connectivity index (χ4n) is 1.96. The van der Waals surface area contributed by atoms with Gasteiger partial charge < -0.3 is 10.1 Å². The molecule has 13 heavy (non-hydrogen) atoms. The number of nitrogens with one attached hydrogen (secondary N) is 1. The lowest BCUT2D eigenvalue weighted by Crippen LogP contribution is -2.60. The lowest BCUT2D eigenvalue weighted by Gasteiger charge is -2.42. The second-order valence-corrected chi connectivity index (χ2v) is 3.66. The van der Waals surface area contributed by atoms with Crippen molar-refractivity contribution in [3.05, 3.63) is 0 Å². The summed E-state index contributed by atoms with van der Waals surface area (Å²) < 4.78 is 5.23. The maximum absolute atomic E-state index is 5.23. The fourth-order valence-corrected chi connectivity index (χ4v) is 1.96. The first-order chi connectivity index (χ1) is 6.33. The van der Waals surface area contributed by atoms with Crippen LogP contribution in [0.2, 0.25) is 0 Å². The molecule has 0 amide bonds. The van der Waals surface area contributed by atoms with Crippen LogP contribution in [-0.2, 0) is 4.74 Å². The molecular weight excluding hydrogens is 164 g/mol. The lowest BCUT2D eigenvalue weighted by molar-refractivity contribution is 0.0436. The molecule has 1 aliphatic heterocycles. The van der Waals surface area contributed by atoms with Gasteiger partial charge in [0.05, 0.1) is 6.61 Å². The molecule has 1 rings (SSSR count). The van der Waals surface area contributed by atoms with Crippen molar-refractivity contribution in [3.63, 3.8) is 0 Å². The Morgan fingerprint density at radius 3 is 2.46 bits per heavy atom. The van der Waals surface area contributed by atoms with Crippen LogP contribution in [0.25, 0.3) is 0 Å². The zero-order valence-corrected chi connectivity index (χ0v) is 9.05. The number of ether oxygens (including phenoxy) is 1. The Hall–Kier alpha value is -0.120. The van der Waals surface area contributed by atoms with Gasteiger partial charge in [0.1, 0.15) is 0 Å². The first-order valence-electron chi connectivity index (χ1n) is 5.28. The van der Waals surface area contributed by atoms with Crippen LogP contribution in [0.15, 0.2) is 0 Å². The largest absolute Gasteiger partial charge is 0.383 e. The molecule has 1 aliphatic rings. The van der Waals surface area contributed by atoms with E-state index in [1.54, 1.807) is 7.11 Å². The van der Waals surface area contributed by atoms with Gasteiger partial charge in [0.25, 0.3) is 0 Å². The van der Waals surface area contributed by atoms with Crippen LogP contribution >= 0.6 is 0 Å². The molecule has 78 valence electrons. The van der Waals surface area contributed by atoms with Crippen molar-refractivity contribution in [1.29, 1.82) is 0 Å². The molecule has 0 saturated carbocycles. The summed E-state index contributed by atoms with van der Waals surface area (Å²) >= 11 is 0. The number of methoxy groups -OCH3 is 1. The van der Waals surface area contributed by atoms with E-state index < -0.39 is 0 Å². The van der Waals surface area contributed by atoms with Gasteiger partial charge in [-0.25, -0.2) is 0 Å². The maximum Gasteiger partial charge on any atom is 0.0618 e. The summed E-state index contributed by atoms with van der Waals surface area (Å²) in [7, 11) is 1.79. The fraction of sp³-hybridized carbons (Fsp3) is 1.00. The third-order valence-corrected chi connectivity index (χ3v) is 2.89. The Morgan fingerprint density at radius 2 is 2.15 bits per heavy atom.